The van der Waals surface area contributed by atoms with Gasteiger partial charge in [0.1, 0.15) is 5.82 Å². The summed E-state index contributed by atoms with van der Waals surface area (Å²) in [6.07, 6.45) is 1.51. The predicted molar refractivity (Wildman–Crippen MR) is 75.3 cm³/mol. The Morgan fingerprint density at radius 1 is 1.56 bits per heavy atom. The zero-order valence-corrected chi connectivity index (χ0v) is 12.0. The third kappa shape index (κ3) is 3.08. The molecule has 0 spiro atoms. The van der Waals surface area contributed by atoms with Gasteiger partial charge in [-0.15, -0.1) is 11.3 Å². The zero-order chi connectivity index (χ0) is 13.1. The molecule has 1 N–H and O–H groups in total. The molecule has 0 radical (unpaired) electrons. The van der Waals surface area contributed by atoms with Crippen molar-refractivity contribution < 1.29 is 9.90 Å². The Morgan fingerprint density at radius 3 is 2.94 bits per heavy atom. The van der Waals surface area contributed by atoms with E-state index < -0.39 is 5.97 Å². The van der Waals surface area contributed by atoms with E-state index in [1.165, 1.54) is 17.1 Å². The fourth-order valence-electron chi connectivity index (χ4n) is 1.51. The van der Waals surface area contributed by atoms with Crippen molar-refractivity contribution in [2.45, 2.75) is 6.54 Å². The Balaban J connectivity index is 2.15. The number of pyridine rings is 1. The van der Waals surface area contributed by atoms with Gasteiger partial charge in [0.15, 0.2) is 0 Å². The normalized spacial score (nSPS) is 10.3. The van der Waals surface area contributed by atoms with Crippen LogP contribution in [0.2, 0.25) is 0 Å². The van der Waals surface area contributed by atoms with Crippen molar-refractivity contribution in [3.8, 4) is 0 Å². The third-order valence-corrected chi connectivity index (χ3v) is 4.08. The van der Waals surface area contributed by atoms with E-state index >= 15 is 0 Å². The van der Waals surface area contributed by atoms with Crippen LogP contribution in [0.4, 0.5) is 5.82 Å². The van der Waals surface area contributed by atoms with Gasteiger partial charge in [-0.2, -0.15) is 0 Å². The van der Waals surface area contributed by atoms with E-state index in [2.05, 4.69) is 20.9 Å². The van der Waals surface area contributed by atoms with Crippen molar-refractivity contribution in [1.29, 1.82) is 0 Å². The van der Waals surface area contributed by atoms with Crippen LogP contribution < -0.4 is 4.90 Å². The van der Waals surface area contributed by atoms with Gasteiger partial charge in [0, 0.05) is 28.0 Å². The molecule has 0 aromatic carbocycles. The maximum Gasteiger partial charge on any atom is 0.335 e. The van der Waals surface area contributed by atoms with E-state index in [0.29, 0.717) is 12.4 Å². The molecule has 0 saturated carbocycles. The number of aromatic carboxylic acids is 1. The number of thiophene rings is 1. The number of hydrogen-bond acceptors (Lipinski definition) is 4. The first kappa shape index (κ1) is 13.0. The van der Waals surface area contributed by atoms with Crippen LogP contribution >= 0.6 is 27.3 Å². The van der Waals surface area contributed by atoms with Crippen LogP contribution in [-0.4, -0.2) is 23.1 Å². The summed E-state index contributed by atoms with van der Waals surface area (Å²) in [4.78, 5) is 18.2. The smallest absolute Gasteiger partial charge is 0.335 e. The zero-order valence-electron chi connectivity index (χ0n) is 9.63. The van der Waals surface area contributed by atoms with E-state index in [0.717, 1.165) is 4.47 Å². The quantitative estimate of drug-likeness (QED) is 0.937. The Morgan fingerprint density at radius 2 is 2.33 bits per heavy atom. The first-order chi connectivity index (χ1) is 8.56. The van der Waals surface area contributed by atoms with Crippen molar-refractivity contribution in [3.05, 3.63) is 44.7 Å². The molecule has 2 heterocycles. The topological polar surface area (TPSA) is 53.4 Å². The molecule has 0 aliphatic heterocycles. The number of rotatable bonds is 4. The number of carboxylic acids is 1. The molecule has 2 aromatic heterocycles. The highest BCUT2D eigenvalue weighted by Crippen LogP contribution is 2.22. The minimum atomic E-state index is -0.939. The van der Waals surface area contributed by atoms with Crippen molar-refractivity contribution in [2.24, 2.45) is 0 Å². The lowest BCUT2D eigenvalue weighted by Gasteiger charge is -2.17. The second kappa shape index (κ2) is 5.49. The van der Waals surface area contributed by atoms with Gasteiger partial charge in [-0.05, 0) is 34.1 Å². The van der Waals surface area contributed by atoms with Gasteiger partial charge in [0.2, 0.25) is 0 Å². The maximum atomic E-state index is 10.9. The first-order valence-electron chi connectivity index (χ1n) is 5.19. The molecule has 0 aliphatic rings. The summed E-state index contributed by atoms with van der Waals surface area (Å²) < 4.78 is 1.06. The fourth-order valence-corrected chi connectivity index (χ4v) is 3.02. The molecule has 0 unspecified atom stereocenters. The van der Waals surface area contributed by atoms with Crippen LogP contribution in [0.3, 0.4) is 0 Å². The molecule has 0 amide bonds. The lowest BCUT2D eigenvalue weighted by molar-refractivity contribution is 0.0697. The fraction of sp³-hybridized carbons (Fsp3) is 0.167. The Bertz CT molecular complexity index is 571. The van der Waals surface area contributed by atoms with Crippen molar-refractivity contribution >= 4 is 39.1 Å². The van der Waals surface area contributed by atoms with E-state index in [4.69, 9.17) is 5.11 Å². The average Bonchev–Trinajstić information content (AvgIpc) is 2.75. The van der Waals surface area contributed by atoms with Gasteiger partial charge >= 0.3 is 5.97 Å². The monoisotopic (exact) mass is 326 g/mol. The van der Waals surface area contributed by atoms with E-state index in [1.54, 1.807) is 17.4 Å². The molecule has 18 heavy (non-hydrogen) atoms. The largest absolute Gasteiger partial charge is 0.478 e. The standard InChI is InChI=1S/C12H11BrN2O2S/c1-15(6-10-5-9(13)7-18-10)11-4-8(12(16)17)2-3-14-11/h2-5,7H,6H2,1H3,(H,16,17). The van der Waals surface area contributed by atoms with Crippen molar-refractivity contribution in [3.63, 3.8) is 0 Å². The van der Waals surface area contributed by atoms with Crippen LogP contribution in [0.15, 0.2) is 34.2 Å². The number of carbonyl (C=O) groups is 1. The van der Waals surface area contributed by atoms with E-state index in [1.807, 2.05) is 23.4 Å². The second-order valence-electron chi connectivity index (χ2n) is 3.80. The predicted octanol–water partition coefficient (Wildman–Crippen LogP) is 3.24. The Labute approximate surface area is 117 Å². The lowest BCUT2D eigenvalue weighted by atomic mass is 10.2. The molecule has 6 heteroatoms. The number of anilines is 1. The van der Waals surface area contributed by atoms with Crippen LogP contribution in [0.5, 0.6) is 0 Å². The molecule has 0 atom stereocenters. The van der Waals surface area contributed by atoms with Crippen LogP contribution in [-0.2, 0) is 6.54 Å². The highest BCUT2D eigenvalue weighted by molar-refractivity contribution is 9.10. The summed E-state index contributed by atoms with van der Waals surface area (Å²) >= 11 is 5.06. The Hall–Kier alpha value is -1.40. The number of halogens is 1. The van der Waals surface area contributed by atoms with Gasteiger partial charge in [-0.3, -0.25) is 0 Å². The lowest BCUT2D eigenvalue weighted by Crippen LogP contribution is -2.17. The van der Waals surface area contributed by atoms with Crippen LogP contribution in [0.1, 0.15) is 15.2 Å². The molecule has 4 nitrogen and oxygen atoms in total. The molecule has 0 fully saturated rings. The molecule has 94 valence electrons. The molecule has 2 rings (SSSR count). The summed E-state index contributed by atoms with van der Waals surface area (Å²) in [5, 5.41) is 11.0. The maximum absolute atomic E-state index is 10.9. The summed E-state index contributed by atoms with van der Waals surface area (Å²) in [5.41, 5.74) is 0.249. The van der Waals surface area contributed by atoms with Crippen LogP contribution in [0, 0.1) is 0 Å². The summed E-state index contributed by atoms with van der Waals surface area (Å²) in [7, 11) is 1.89. The van der Waals surface area contributed by atoms with Gasteiger partial charge in [0.05, 0.1) is 12.1 Å². The minimum absolute atomic E-state index is 0.249. The number of nitrogens with zero attached hydrogens (tertiary/aromatic N) is 2. The highest BCUT2D eigenvalue weighted by atomic mass is 79.9. The molecular formula is C12H11BrN2O2S. The van der Waals surface area contributed by atoms with E-state index in [9.17, 15) is 4.79 Å². The van der Waals surface area contributed by atoms with Gasteiger partial charge < -0.3 is 10.0 Å². The molecular weight excluding hydrogens is 316 g/mol. The Kier molecular flexibility index (Phi) is 3.98. The van der Waals surface area contributed by atoms with Crippen LogP contribution in [0.25, 0.3) is 0 Å². The highest BCUT2D eigenvalue weighted by Gasteiger charge is 2.09. The van der Waals surface area contributed by atoms with Crippen molar-refractivity contribution in [1.82, 2.24) is 4.98 Å². The molecule has 0 saturated heterocycles. The summed E-state index contributed by atoms with van der Waals surface area (Å²) in [6.45, 7) is 0.701. The van der Waals surface area contributed by atoms with Gasteiger partial charge in [0.25, 0.3) is 0 Å². The number of carboxylic acid groups (broad SMARTS) is 1. The number of aromatic nitrogens is 1. The van der Waals surface area contributed by atoms with E-state index in [-0.39, 0.29) is 5.56 Å². The SMILES string of the molecule is CN(Cc1cc(Br)cs1)c1cc(C(=O)O)ccn1. The molecule has 2 aromatic rings. The van der Waals surface area contributed by atoms with Crippen molar-refractivity contribution in [2.75, 3.05) is 11.9 Å². The second-order valence-corrected chi connectivity index (χ2v) is 5.71. The summed E-state index contributed by atoms with van der Waals surface area (Å²) in [5.74, 6) is -0.287. The third-order valence-electron chi connectivity index (χ3n) is 2.40. The minimum Gasteiger partial charge on any atom is -0.478 e. The van der Waals surface area contributed by atoms with Gasteiger partial charge in [-0.1, -0.05) is 0 Å². The molecule has 0 bridgehead atoms. The van der Waals surface area contributed by atoms with Gasteiger partial charge in [-0.25, -0.2) is 9.78 Å². The first-order valence-corrected chi connectivity index (χ1v) is 6.87. The summed E-state index contributed by atoms with van der Waals surface area (Å²) in [6, 6.07) is 5.11. The molecule has 0 aliphatic carbocycles. The number of hydrogen-bond donors (Lipinski definition) is 1. The average molecular weight is 327 g/mol.